The normalized spacial score (nSPS) is 16.0. The molecule has 2 aliphatic carbocycles. The van der Waals surface area contributed by atoms with Gasteiger partial charge in [-0.15, -0.1) is 0 Å². The van der Waals surface area contributed by atoms with Gasteiger partial charge in [-0.1, -0.05) is 36.9 Å². The summed E-state index contributed by atoms with van der Waals surface area (Å²) in [7, 11) is 0. The zero-order valence-electron chi connectivity index (χ0n) is 12.8. The fraction of sp³-hybridized carbons (Fsp3) is 0.211. The highest BCUT2D eigenvalue weighted by Gasteiger charge is 2.33. The summed E-state index contributed by atoms with van der Waals surface area (Å²) < 4.78 is 11.3. The van der Waals surface area contributed by atoms with E-state index in [-0.39, 0.29) is 11.9 Å². The number of carbonyl (C=O) groups excluding carboxylic acids is 1. The van der Waals surface area contributed by atoms with E-state index in [4.69, 9.17) is 9.47 Å². The lowest BCUT2D eigenvalue weighted by atomic mass is 9.94. The van der Waals surface area contributed by atoms with Crippen LogP contribution in [0.15, 0.2) is 60.1 Å². The molecular weight excluding hydrogens is 276 g/mol. The van der Waals surface area contributed by atoms with Gasteiger partial charge in [0.1, 0.15) is 6.61 Å². The smallest absolute Gasteiger partial charge is 0.262 e. The lowest BCUT2D eigenvalue weighted by Crippen LogP contribution is -2.20. The molecule has 3 heteroatoms. The first-order valence-corrected chi connectivity index (χ1v) is 7.34. The highest BCUT2D eigenvalue weighted by Crippen LogP contribution is 2.42. The van der Waals surface area contributed by atoms with Gasteiger partial charge in [0.05, 0.1) is 6.10 Å². The molecule has 0 radical (unpaired) electrons. The SMILES string of the molecule is C=CCOC1=CC2=Cc3ccccc3C2=C(OC(C)C)C1=O. The third-order valence-electron chi connectivity index (χ3n) is 3.48. The quantitative estimate of drug-likeness (QED) is 0.773. The number of hydrogen-bond donors (Lipinski definition) is 0. The van der Waals surface area contributed by atoms with Crippen LogP contribution in [-0.2, 0) is 14.3 Å². The fourth-order valence-corrected chi connectivity index (χ4v) is 2.65. The van der Waals surface area contributed by atoms with Crippen molar-refractivity contribution in [2.45, 2.75) is 20.0 Å². The summed E-state index contributed by atoms with van der Waals surface area (Å²) in [5.74, 6) is 0.463. The number of allylic oxidation sites excluding steroid dienone is 3. The lowest BCUT2D eigenvalue weighted by Gasteiger charge is -2.22. The number of Topliss-reactive ketones (excluding diaryl/α,β-unsaturated/α-hetero) is 1. The maximum absolute atomic E-state index is 12.7. The van der Waals surface area contributed by atoms with E-state index in [0.717, 1.165) is 22.3 Å². The number of benzene rings is 1. The second-order valence-corrected chi connectivity index (χ2v) is 5.50. The molecule has 0 N–H and O–H groups in total. The Bertz CT molecular complexity index is 733. The van der Waals surface area contributed by atoms with Gasteiger partial charge in [-0.05, 0) is 42.7 Å². The Morgan fingerprint density at radius 3 is 2.73 bits per heavy atom. The van der Waals surface area contributed by atoms with Crippen molar-refractivity contribution in [2.24, 2.45) is 0 Å². The molecule has 0 bridgehead atoms. The standard InChI is InChI=1S/C19H18O3/c1-4-9-21-16-11-14-10-13-7-5-6-8-15(13)17(14)19(18(16)20)22-12(2)3/h4-8,10-12H,1,9H2,2-3H3. The predicted molar refractivity (Wildman–Crippen MR) is 86.8 cm³/mol. The topological polar surface area (TPSA) is 35.5 Å². The van der Waals surface area contributed by atoms with E-state index in [1.54, 1.807) is 12.2 Å². The van der Waals surface area contributed by atoms with E-state index in [1.165, 1.54) is 0 Å². The van der Waals surface area contributed by atoms with Crippen molar-refractivity contribution in [2.75, 3.05) is 6.61 Å². The van der Waals surface area contributed by atoms with Gasteiger partial charge in [0.15, 0.2) is 11.5 Å². The molecule has 1 aromatic rings. The van der Waals surface area contributed by atoms with E-state index < -0.39 is 0 Å². The third-order valence-corrected chi connectivity index (χ3v) is 3.48. The van der Waals surface area contributed by atoms with Gasteiger partial charge in [0.25, 0.3) is 5.78 Å². The number of rotatable bonds is 5. The van der Waals surface area contributed by atoms with E-state index in [9.17, 15) is 4.79 Å². The summed E-state index contributed by atoms with van der Waals surface area (Å²) in [6, 6.07) is 7.99. The molecule has 3 rings (SSSR count). The van der Waals surface area contributed by atoms with Crippen LogP contribution in [0.4, 0.5) is 0 Å². The zero-order chi connectivity index (χ0) is 15.7. The molecule has 22 heavy (non-hydrogen) atoms. The van der Waals surface area contributed by atoms with E-state index >= 15 is 0 Å². The molecule has 2 aliphatic rings. The molecule has 0 aliphatic heterocycles. The first-order chi connectivity index (χ1) is 10.6. The van der Waals surface area contributed by atoms with Gasteiger partial charge in [-0.25, -0.2) is 0 Å². The first kappa shape index (κ1) is 14.4. The van der Waals surface area contributed by atoms with Crippen molar-refractivity contribution >= 4 is 17.4 Å². The molecule has 0 saturated heterocycles. The molecule has 0 aromatic heterocycles. The molecular formula is C19H18O3. The number of ketones is 1. The van der Waals surface area contributed by atoms with Crippen molar-refractivity contribution in [3.05, 3.63) is 71.2 Å². The summed E-state index contributed by atoms with van der Waals surface area (Å²) in [5.41, 5.74) is 3.93. The molecule has 112 valence electrons. The van der Waals surface area contributed by atoms with E-state index in [0.29, 0.717) is 18.1 Å². The van der Waals surface area contributed by atoms with Gasteiger partial charge < -0.3 is 9.47 Å². The van der Waals surface area contributed by atoms with Crippen molar-refractivity contribution in [3.8, 4) is 0 Å². The van der Waals surface area contributed by atoms with Crippen LogP contribution in [0.5, 0.6) is 0 Å². The van der Waals surface area contributed by atoms with Crippen LogP contribution in [-0.4, -0.2) is 18.5 Å². The number of carbonyl (C=O) groups is 1. The predicted octanol–water partition coefficient (Wildman–Crippen LogP) is 3.89. The molecule has 0 saturated carbocycles. The number of ether oxygens (including phenoxy) is 2. The minimum Gasteiger partial charge on any atom is -0.486 e. The van der Waals surface area contributed by atoms with Crippen LogP contribution in [0.2, 0.25) is 0 Å². The maximum Gasteiger partial charge on any atom is 0.262 e. The Kier molecular flexibility index (Phi) is 3.72. The van der Waals surface area contributed by atoms with Crippen LogP contribution in [0, 0.1) is 0 Å². The highest BCUT2D eigenvalue weighted by molar-refractivity contribution is 6.18. The van der Waals surface area contributed by atoms with Crippen molar-refractivity contribution in [3.63, 3.8) is 0 Å². The van der Waals surface area contributed by atoms with Crippen LogP contribution >= 0.6 is 0 Å². The average Bonchev–Trinajstić information content (AvgIpc) is 2.86. The fourth-order valence-electron chi connectivity index (χ4n) is 2.65. The molecule has 0 unspecified atom stereocenters. The largest absolute Gasteiger partial charge is 0.486 e. The first-order valence-electron chi connectivity index (χ1n) is 7.34. The third kappa shape index (κ3) is 2.39. The molecule has 3 nitrogen and oxygen atoms in total. The monoisotopic (exact) mass is 294 g/mol. The summed E-state index contributed by atoms with van der Waals surface area (Å²) in [6.07, 6.45) is 5.37. The Balaban J connectivity index is 2.11. The zero-order valence-corrected chi connectivity index (χ0v) is 12.8. The Morgan fingerprint density at radius 1 is 1.23 bits per heavy atom. The van der Waals surface area contributed by atoms with Crippen LogP contribution in [0.25, 0.3) is 11.6 Å². The second kappa shape index (κ2) is 5.68. The van der Waals surface area contributed by atoms with Crippen LogP contribution in [0.3, 0.4) is 0 Å². The van der Waals surface area contributed by atoms with Gasteiger partial charge in [-0.2, -0.15) is 0 Å². The summed E-state index contributed by atoms with van der Waals surface area (Å²) in [6.45, 7) is 7.73. The lowest BCUT2D eigenvalue weighted by molar-refractivity contribution is -0.119. The minimum absolute atomic E-state index is 0.0841. The summed E-state index contributed by atoms with van der Waals surface area (Å²) in [4.78, 5) is 12.7. The Labute approximate surface area is 130 Å². The molecule has 1 aromatic carbocycles. The maximum atomic E-state index is 12.7. The molecule has 0 spiro atoms. The van der Waals surface area contributed by atoms with Gasteiger partial charge in [-0.3, -0.25) is 4.79 Å². The van der Waals surface area contributed by atoms with Crippen LogP contribution < -0.4 is 0 Å². The molecule has 0 atom stereocenters. The number of fused-ring (bicyclic) bond motifs is 3. The average molecular weight is 294 g/mol. The van der Waals surface area contributed by atoms with Crippen molar-refractivity contribution in [1.29, 1.82) is 0 Å². The van der Waals surface area contributed by atoms with Gasteiger partial charge in [0, 0.05) is 5.57 Å². The molecule has 0 amide bonds. The van der Waals surface area contributed by atoms with Crippen molar-refractivity contribution in [1.82, 2.24) is 0 Å². The number of hydrogen-bond acceptors (Lipinski definition) is 3. The van der Waals surface area contributed by atoms with Gasteiger partial charge >= 0.3 is 0 Å². The Morgan fingerprint density at radius 2 is 2.00 bits per heavy atom. The van der Waals surface area contributed by atoms with Crippen molar-refractivity contribution < 1.29 is 14.3 Å². The molecule has 0 fully saturated rings. The Hall–Kier alpha value is -2.55. The summed E-state index contributed by atoms with van der Waals surface area (Å²) in [5, 5.41) is 0. The minimum atomic E-state index is -0.209. The summed E-state index contributed by atoms with van der Waals surface area (Å²) >= 11 is 0. The van der Waals surface area contributed by atoms with E-state index in [2.05, 4.69) is 12.7 Å². The van der Waals surface area contributed by atoms with Gasteiger partial charge in [0.2, 0.25) is 0 Å². The van der Waals surface area contributed by atoms with E-state index in [1.807, 2.05) is 38.1 Å². The molecule has 0 heterocycles. The highest BCUT2D eigenvalue weighted by atomic mass is 16.5. The second-order valence-electron chi connectivity index (χ2n) is 5.50. The van der Waals surface area contributed by atoms with Crippen LogP contribution in [0.1, 0.15) is 25.0 Å².